The van der Waals surface area contributed by atoms with Gasteiger partial charge in [0.2, 0.25) is 5.91 Å². The summed E-state index contributed by atoms with van der Waals surface area (Å²) in [4.78, 5) is 22.0. The number of thioether (sulfide) groups is 1. The smallest absolute Gasteiger partial charge is 0.227 e. The molecule has 5 rings (SSSR count). The van der Waals surface area contributed by atoms with Crippen LogP contribution in [0.4, 0.5) is 5.82 Å². The molecule has 0 N–H and O–H groups in total. The Hall–Kier alpha value is -2.25. The first-order valence-electron chi connectivity index (χ1n) is 10.4. The fraction of sp³-hybridized carbons (Fsp3) is 0.409. The Bertz CT molecular complexity index is 1060. The maximum absolute atomic E-state index is 13.1. The lowest BCUT2D eigenvalue weighted by atomic mass is 9.96. The molecule has 8 heteroatoms. The maximum Gasteiger partial charge on any atom is 0.227 e. The molecule has 30 heavy (non-hydrogen) atoms. The van der Waals surface area contributed by atoms with Gasteiger partial charge in [0.15, 0.2) is 5.82 Å². The minimum Gasteiger partial charge on any atom is -0.354 e. The van der Waals surface area contributed by atoms with Crippen LogP contribution in [-0.2, 0) is 4.79 Å². The predicted molar refractivity (Wildman–Crippen MR) is 122 cm³/mol. The second-order valence-corrected chi connectivity index (χ2v) is 9.50. The summed E-state index contributed by atoms with van der Waals surface area (Å²) < 4.78 is 1.87. The minimum atomic E-state index is 0.0410. The number of benzene rings is 1. The Morgan fingerprint density at radius 2 is 2.03 bits per heavy atom. The summed E-state index contributed by atoms with van der Waals surface area (Å²) in [6, 6.07) is 9.78. The Balaban J connectivity index is 1.42. The van der Waals surface area contributed by atoms with Crippen molar-refractivity contribution in [3.05, 3.63) is 47.7 Å². The highest BCUT2D eigenvalue weighted by Crippen LogP contribution is 2.30. The standard InChI is InChI=1S/C22H24ClN5OS/c23-18-5-1-3-16(13-18)19-14-20-21(24-6-8-28(20)25-19)27-7-2-4-17(15-27)22(29)26-9-11-30-12-10-26/h1,3,5-6,8,13-14,17H,2,4,7,9-12,15H2/t17-/m0/s1. The van der Waals surface area contributed by atoms with E-state index in [-0.39, 0.29) is 5.92 Å². The van der Waals surface area contributed by atoms with Crippen molar-refractivity contribution in [3.63, 3.8) is 0 Å². The molecule has 1 amide bonds. The van der Waals surface area contributed by atoms with Gasteiger partial charge in [-0.05, 0) is 31.0 Å². The number of halogens is 1. The van der Waals surface area contributed by atoms with Crippen LogP contribution in [0.2, 0.25) is 5.02 Å². The monoisotopic (exact) mass is 441 g/mol. The normalized spacial score (nSPS) is 20.0. The molecule has 0 spiro atoms. The highest BCUT2D eigenvalue weighted by molar-refractivity contribution is 7.99. The molecular formula is C22H24ClN5OS. The molecule has 2 saturated heterocycles. The molecule has 3 aromatic rings. The van der Waals surface area contributed by atoms with E-state index in [0.717, 1.165) is 66.6 Å². The summed E-state index contributed by atoms with van der Waals surface area (Å²) in [6.45, 7) is 3.37. The summed E-state index contributed by atoms with van der Waals surface area (Å²) in [5.41, 5.74) is 2.80. The van der Waals surface area contributed by atoms with Gasteiger partial charge in [0.1, 0.15) is 5.52 Å². The van der Waals surface area contributed by atoms with E-state index in [4.69, 9.17) is 16.7 Å². The van der Waals surface area contributed by atoms with Crippen molar-refractivity contribution < 1.29 is 4.79 Å². The van der Waals surface area contributed by atoms with Crippen molar-refractivity contribution in [3.8, 4) is 11.3 Å². The first-order valence-corrected chi connectivity index (χ1v) is 11.9. The van der Waals surface area contributed by atoms with E-state index in [1.807, 2.05) is 46.7 Å². The lowest BCUT2D eigenvalue weighted by Crippen LogP contribution is -2.47. The maximum atomic E-state index is 13.1. The molecule has 0 radical (unpaired) electrons. The number of anilines is 1. The Labute approximate surface area is 185 Å². The minimum absolute atomic E-state index is 0.0410. The number of carbonyl (C=O) groups is 1. The number of nitrogens with zero attached hydrogens (tertiary/aromatic N) is 5. The molecule has 0 saturated carbocycles. The number of hydrogen-bond acceptors (Lipinski definition) is 5. The second-order valence-electron chi connectivity index (χ2n) is 7.84. The van der Waals surface area contributed by atoms with Crippen LogP contribution in [0.3, 0.4) is 0 Å². The van der Waals surface area contributed by atoms with Crippen molar-refractivity contribution in [1.82, 2.24) is 19.5 Å². The van der Waals surface area contributed by atoms with Gasteiger partial charge >= 0.3 is 0 Å². The first-order chi connectivity index (χ1) is 14.7. The highest BCUT2D eigenvalue weighted by atomic mass is 35.5. The van der Waals surface area contributed by atoms with E-state index in [0.29, 0.717) is 17.5 Å². The molecule has 2 aromatic heterocycles. The van der Waals surface area contributed by atoms with Crippen LogP contribution < -0.4 is 4.90 Å². The van der Waals surface area contributed by atoms with Gasteiger partial charge in [-0.3, -0.25) is 4.79 Å². The van der Waals surface area contributed by atoms with Gasteiger partial charge in [0.25, 0.3) is 0 Å². The highest BCUT2D eigenvalue weighted by Gasteiger charge is 2.31. The number of piperidine rings is 1. The third-order valence-electron chi connectivity index (χ3n) is 5.88. The van der Waals surface area contributed by atoms with Crippen LogP contribution in [0.1, 0.15) is 12.8 Å². The molecule has 0 aliphatic carbocycles. The van der Waals surface area contributed by atoms with E-state index in [9.17, 15) is 4.79 Å². The summed E-state index contributed by atoms with van der Waals surface area (Å²) in [7, 11) is 0. The van der Waals surface area contributed by atoms with Crippen molar-refractivity contribution in [2.24, 2.45) is 5.92 Å². The number of hydrogen-bond donors (Lipinski definition) is 0. The van der Waals surface area contributed by atoms with Crippen LogP contribution in [0, 0.1) is 5.92 Å². The second kappa shape index (κ2) is 8.47. The summed E-state index contributed by atoms with van der Waals surface area (Å²) in [5, 5.41) is 5.41. The lowest BCUT2D eigenvalue weighted by Gasteiger charge is -2.36. The number of carbonyl (C=O) groups excluding carboxylic acids is 1. The number of fused-ring (bicyclic) bond motifs is 1. The Kier molecular flexibility index (Phi) is 5.56. The molecular weight excluding hydrogens is 418 g/mol. The van der Waals surface area contributed by atoms with E-state index in [1.165, 1.54) is 0 Å². The van der Waals surface area contributed by atoms with Gasteiger partial charge in [-0.1, -0.05) is 23.7 Å². The summed E-state index contributed by atoms with van der Waals surface area (Å²) >= 11 is 8.09. The zero-order valence-corrected chi connectivity index (χ0v) is 18.3. The number of rotatable bonds is 3. The van der Waals surface area contributed by atoms with Crippen LogP contribution in [0.15, 0.2) is 42.7 Å². The molecule has 0 unspecified atom stereocenters. The van der Waals surface area contributed by atoms with E-state index in [2.05, 4.69) is 20.9 Å². The average molecular weight is 442 g/mol. The molecule has 0 bridgehead atoms. The SMILES string of the molecule is O=C([C@H]1CCCN(c2nccn3nc(-c4cccc(Cl)c4)cc23)C1)N1CCSCC1. The molecule has 2 aliphatic heterocycles. The lowest BCUT2D eigenvalue weighted by molar-refractivity contribution is -0.135. The third-order valence-corrected chi connectivity index (χ3v) is 7.06. The van der Waals surface area contributed by atoms with E-state index in [1.54, 1.807) is 6.20 Å². The van der Waals surface area contributed by atoms with Gasteiger partial charge in [-0.15, -0.1) is 0 Å². The van der Waals surface area contributed by atoms with Crippen LogP contribution in [0.25, 0.3) is 16.8 Å². The van der Waals surface area contributed by atoms with Crippen molar-refractivity contribution in [2.75, 3.05) is 42.6 Å². The molecule has 2 fully saturated rings. The largest absolute Gasteiger partial charge is 0.354 e. The van der Waals surface area contributed by atoms with E-state index >= 15 is 0 Å². The summed E-state index contributed by atoms with van der Waals surface area (Å²) in [6.07, 6.45) is 5.60. The molecule has 156 valence electrons. The molecule has 1 aromatic carbocycles. The van der Waals surface area contributed by atoms with Crippen molar-refractivity contribution in [2.45, 2.75) is 12.8 Å². The van der Waals surface area contributed by atoms with Gasteiger partial charge < -0.3 is 9.80 Å². The van der Waals surface area contributed by atoms with Crippen molar-refractivity contribution in [1.29, 1.82) is 0 Å². The predicted octanol–water partition coefficient (Wildman–Crippen LogP) is 3.84. The Morgan fingerprint density at radius 3 is 2.87 bits per heavy atom. The van der Waals surface area contributed by atoms with Crippen LogP contribution in [-0.4, -0.2) is 63.1 Å². The fourth-order valence-electron chi connectivity index (χ4n) is 4.35. The first kappa shape index (κ1) is 19.7. The van der Waals surface area contributed by atoms with Gasteiger partial charge in [0.05, 0.1) is 11.6 Å². The van der Waals surface area contributed by atoms with Gasteiger partial charge in [-0.2, -0.15) is 16.9 Å². The van der Waals surface area contributed by atoms with E-state index < -0.39 is 0 Å². The third kappa shape index (κ3) is 3.88. The number of amides is 1. The zero-order chi connectivity index (χ0) is 20.5. The molecule has 2 aliphatic rings. The topological polar surface area (TPSA) is 53.7 Å². The average Bonchev–Trinajstić information content (AvgIpc) is 3.24. The molecule has 4 heterocycles. The quantitative estimate of drug-likeness (QED) is 0.618. The molecule has 6 nitrogen and oxygen atoms in total. The Morgan fingerprint density at radius 1 is 1.17 bits per heavy atom. The van der Waals surface area contributed by atoms with Crippen LogP contribution in [0.5, 0.6) is 0 Å². The van der Waals surface area contributed by atoms with Crippen LogP contribution >= 0.6 is 23.4 Å². The molecule has 1 atom stereocenters. The van der Waals surface area contributed by atoms with Gasteiger partial charge in [-0.25, -0.2) is 9.50 Å². The fourth-order valence-corrected chi connectivity index (χ4v) is 5.45. The zero-order valence-electron chi connectivity index (χ0n) is 16.7. The summed E-state index contributed by atoms with van der Waals surface area (Å²) in [5.74, 6) is 3.33. The van der Waals surface area contributed by atoms with Crippen molar-refractivity contribution >= 4 is 40.6 Å². The number of aromatic nitrogens is 3. The van der Waals surface area contributed by atoms with Gasteiger partial charge in [0, 0.05) is 60.7 Å².